The van der Waals surface area contributed by atoms with Crippen LogP contribution in [0.1, 0.15) is 25.3 Å². The Morgan fingerprint density at radius 2 is 1.91 bits per heavy atom. The van der Waals surface area contributed by atoms with Gasteiger partial charge in [0.05, 0.1) is 6.54 Å². The molecule has 6 nitrogen and oxygen atoms in total. The van der Waals surface area contributed by atoms with Gasteiger partial charge in [0.25, 0.3) is 0 Å². The number of likely N-dealkylation sites (tertiary alicyclic amines) is 1. The molecule has 0 aliphatic carbocycles. The molecule has 23 heavy (non-hydrogen) atoms. The molecule has 0 unspecified atom stereocenters. The van der Waals surface area contributed by atoms with Gasteiger partial charge >= 0.3 is 12.1 Å². The second kappa shape index (κ2) is 8.53. The van der Waals surface area contributed by atoms with E-state index in [0.717, 1.165) is 18.4 Å². The Kier molecular flexibility index (Phi) is 6.40. The number of likely N-dealkylation sites (N-methyl/N-ethyl adjacent to an activating group) is 1. The SMILES string of the molecule is CCN(CC(=O)O)C1CCN(C(=O)OCc2ccccc2)CC1. The summed E-state index contributed by atoms with van der Waals surface area (Å²) < 4.78 is 5.33. The summed E-state index contributed by atoms with van der Waals surface area (Å²) in [7, 11) is 0. The first kappa shape index (κ1) is 17.3. The lowest BCUT2D eigenvalue weighted by Crippen LogP contribution is -2.48. The normalized spacial score (nSPS) is 15.7. The molecule has 6 heteroatoms. The Hall–Kier alpha value is -2.08. The van der Waals surface area contributed by atoms with Gasteiger partial charge in [-0.3, -0.25) is 9.69 Å². The Labute approximate surface area is 136 Å². The van der Waals surface area contributed by atoms with Crippen molar-refractivity contribution in [3.05, 3.63) is 35.9 Å². The molecule has 0 radical (unpaired) electrons. The van der Waals surface area contributed by atoms with E-state index in [1.807, 2.05) is 42.2 Å². The number of carboxylic acid groups (broad SMARTS) is 1. The van der Waals surface area contributed by atoms with Gasteiger partial charge in [-0.25, -0.2) is 4.79 Å². The number of carbonyl (C=O) groups excluding carboxylic acids is 1. The highest BCUT2D eigenvalue weighted by atomic mass is 16.6. The molecular weight excluding hydrogens is 296 g/mol. The van der Waals surface area contributed by atoms with E-state index >= 15 is 0 Å². The molecule has 2 rings (SSSR count). The van der Waals surface area contributed by atoms with Gasteiger partial charge in [0.15, 0.2) is 0 Å². The lowest BCUT2D eigenvalue weighted by Gasteiger charge is -2.36. The van der Waals surface area contributed by atoms with Crippen molar-refractivity contribution in [1.29, 1.82) is 0 Å². The van der Waals surface area contributed by atoms with Crippen LogP contribution in [0.3, 0.4) is 0 Å². The molecule has 1 aromatic rings. The fraction of sp³-hybridized carbons (Fsp3) is 0.529. The van der Waals surface area contributed by atoms with E-state index < -0.39 is 5.97 Å². The number of piperidine rings is 1. The van der Waals surface area contributed by atoms with E-state index in [9.17, 15) is 9.59 Å². The van der Waals surface area contributed by atoms with Crippen molar-refractivity contribution in [1.82, 2.24) is 9.80 Å². The Morgan fingerprint density at radius 1 is 1.26 bits per heavy atom. The van der Waals surface area contributed by atoms with Gasteiger partial charge in [0.1, 0.15) is 6.61 Å². The molecule has 0 bridgehead atoms. The maximum atomic E-state index is 12.1. The molecule has 126 valence electrons. The zero-order valence-electron chi connectivity index (χ0n) is 13.5. The minimum Gasteiger partial charge on any atom is -0.480 e. The minimum atomic E-state index is -0.809. The van der Waals surface area contributed by atoms with E-state index in [4.69, 9.17) is 9.84 Å². The van der Waals surface area contributed by atoms with Crippen LogP contribution in [0.2, 0.25) is 0 Å². The third kappa shape index (κ3) is 5.25. The number of aliphatic carboxylic acids is 1. The summed E-state index contributed by atoms with van der Waals surface area (Å²) in [5.74, 6) is -0.809. The molecule has 1 aromatic carbocycles. The van der Waals surface area contributed by atoms with E-state index in [2.05, 4.69) is 0 Å². The van der Waals surface area contributed by atoms with Crippen LogP contribution in [0.5, 0.6) is 0 Å². The van der Waals surface area contributed by atoms with Crippen molar-refractivity contribution in [2.24, 2.45) is 0 Å². The smallest absolute Gasteiger partial charge is 0.410 e. The van der Waals surface area contributed by atoms with Crippen LogP contribution in [-0.2, 0) is 16.1 Å². The van der Waals surface area contributed by atoms with Crippen LogP contribution in [-0.4, -0.2) is 59.2 Å². The molecule has 0 saturated carbocycles. The zero-order valence-corrected chi connectivity index (χ0v) is 13.5. The maximum absolute atomic E-state index is 12.1. The van der Waals surface area contributed by atoms with E-state index in [0.29, 0.717) is 19.6 Å². The fourth-order valence-corrected chi connectivity index (χ4v) is 2.90. The molecule has 1 fully saturated rings. The number of benzene rings is 1. The second-order valence-corrected chi connectivity index (χ2v) is 5.72. The molecule has 1 saturated heterocycles. The van der Waals surface area contributed by atoms with Gasteiger partial charge < -0.3 is 14.7 Å². The molecule has 1 amide bonds. The molecule has 0 aromatic heterocycles. The summed E-state index contributed by atoms with van der Waals surface area (Å²) >= 11 is 0. The first-order valence-electron chi connectivity index (χ1n) is 8.01. The lowest BCUT2D eigenvalue weighted by atomic mass is 10.0. The molecule has 0 spiro atoms. The van der Waals surface area contributed by atoms with E-state index in [1.54, 1.807) is 4.90 Å². The number of nitrogens with zero attached hydrogens (tertiary/aromatic N) is 2. The van der Waals surface area contributed by atoms with E-state index in [-0.39, 0.29) is 25.3 Å². The van der Waals surface area contributed by atoms with Crippen molar-refractivity contribution in [3.63, 3.8) is 0 Å². The average molecular weight is 320 g/mol. The number of hydrogen-bond acceptors (Lipinski definition) is 4. The second-order valence-electron chi connectivity index (χ2n) is 5.72. The van der Waals surface area contributed by atoms with Crippen LogP contribution in [0.25, 0.3) is 0 Å². The third-order valence-corrected chi connectivity index (χ3v) is 4.19. The third-order valence-electron chi connectivity index (χ3n) is 4.19. The van der Waals surface area contributed by atoms with E-state index in [1.165, 1.54) is 0 Å². The molecule has 0 atom stereocenters. The maximum Gasteiger partial charge on any atom is 0.410 e. The van der Waals surface area contributed by atoms with Gasteiger partial charge in [-0.2, -0.15) is 0 Å². The highest BCUT2D eigenvalue weighted by molar-refractivity contribution is 5.69. The Balaban J connectivity index is 1.77. The fourth-order valence-electron chi connectivity index (χ4n) is 2.90. The Morgan fingerprint density at radius 3 is 2.48 bits per heavy atom. The summed E-state index contributed by atoms with van der Waals surface area (Å²) in [5.41, 5.74) is 0.967. The van der Waals surface area contributed by atoms with Gasteiger partial charge in [0.2, 0.25) is 0 Å². The zero-order chi connectivity index (χ0) is 16.7. The van der Waals surface area contributed by atoms with Gasteiger partial charge in [-0.1, -0.05) is 37.3 Å². The quantitative estimate of drug-likeness (QED) is 0.870. The first-order chi connectivity index (χ1) is 11.1. The molecule has 1 aliphatic heterocycles. The summed E-state index contributed by atoms with van der Waals surface area (Å²) in [5, 5.41) is 8.94. The summed E-state index contributed by atoms with van der Waals surface area (Å²) in [6.07, 6.45) is 1.26. The lowest BCUT2D eigenvalue weighted by molar-refractivity contribution is -0.139. The molecular formula is C17H24N2O4. The van der Waals surface area contributed by atoms with Gasteiger partial charge in [0, 0.05) is 19.1 Å². The topological polar surface area (TPSA) is 70.1 Å². The standard InChI is InChI=1S/C17H24N2O4/c1-2-18(12-16(20)21)15-8-10-19(11-9-15)17(22)23-13-14-6-4-3-5-7-14/h3-7,15H,2,8-13H2,1H3,(H,20,21). The molecule has 1 N–H and O–H groups in total. The van der Waals surface area contributed by atoms with Crippen molar-refractivity contribution >= 4 is 12.1 Å². The van der Waals surface area contributed by atoms with Crippen molar-refractivity contribution in [2.75, 3.05) is 26.2 Å². The number of rotatable bonds is 6. The molecule has 1 aliphatic rings. The van der Waals surface area contributed by atoms with Crippen LogP contribution < -0.4 is 0 Å². The number of carbonyl (C=O) groups is 2. The number of amides is 1. The predicted molar refractivity (Wildman–Crippen MR) is 86.1 cm³/mol. The predicted octanol–water partition coefficient (Wildman–Crippen LogP) is 2.19. The van der Waals surface area contributed by atoms with Crippen LogP contribution in [0.4, 0.5) is 4.79 Å². The summed E-state index contributed by atoms with van der Waals surface area (Å²) in [6.45, 7) is 4.21. The summed E-state index contributed by atoms with van der Waals surface area (Å²) in [6, 6.07) is 9.81. The highest BCUT2D eigenvalue weighted by Crippen LogP contribution is 2.17. The molecule has 1 heterocycles. The number of carboxylic acids is 1. The van der Waals surface area contributed by atoms with Gasteiger partial charge in [-0.05, 0) is 24.9 Å². The van der Waals surface area contributed by atoms with Crippen molar-refractivity contribution < 1.29 is 19.4 Å². The minimum absolute atomic E-state index is 0.0552. The largest absolute Gasteiger partial charge is 0.480 e. The highest BCUT2D eigenvalue weighted by Gasteiger charge is 2.27. The van der Waals surface area contributed by atoms with Crippen LogP contribution in [0.15, 0.2) is 30.3 Å². The average Bonchev–Trinajstić information content (AvgIpc) is 2.58. The van der Waals surface area contributed by atoms with Crippen molar-refractivity contribution in [3.8, 4) is 0 Å². The monoisotopic (exact) mass is 320 g/mol. The number of hydrogen-bond donors (Lipinski definition) is 1. The first-order valence-corrected chi connectivity index (χ1v) is 8.01. The van der Waals surface area contributed by atoms with Crippen LogP contribution in [0, 0.1) is 0 Å². The number of ether oxygens (including phenoxy) is 1. The van der Waals surface area contributed by atoms with Crippen LogP contribution >= 0.6 is 0 Å². The van der Waals surface area contributed by atoms with Crippen molar-refractivity contribution in [2.45, 2.75) is 32.4 Å². The van der Waals surface area contributed by atoms with Gasteiger partial charge in [-0.15, -0.1) is 0 Å². The Bertz CT molecular complexity index is 513. The summed E-state index contributed by atoms with van der Waals surface area (Å²) in [4.78, 5) is 26.6.